The lowest BCUT2D eigenvalue weighted by Gasteiger charge is -2.11. The smallest absolute Gasteiger partial charge is 0.251 e. The van der Waals surface area contributed by atoms with Crippen molar-refractivity contribution < 1.29 is 4.79 Å². The molecule has 3 N–H and O–H groups in total. The molecule has 1 aromatic carbocycles. The molecule has 32 heavy (non-hydrogen) atoms. The maximum absolute atomic E-state index is 12.7. The van der Waals surface area contributed by atoms with Crippen LogP contribution in [0.15, 0.2) is 54.9 Å². The number of anilines is 1. The minimum atomic E-state index is -0.243. The fraction of sp³-hybridized carbons (Fsp3) is 0.160. The van der Waals surface area contributed by atoms with Crippen molar-refractivity contribution in [3.8, 4) is 6.07 Å². The van der Waals surface area contributed by atoms with Gasteiger partial charge >= 0.3 is 0 Å². The Morgan fingerprint density at radius 3 is 2.78 bits per heavy atom. The summed E-state index contributed by atoms with van der Waals surface area (Å²) in [7, 11) is 0. The number of nitrogens with one attached hydrogen (secondary N) is 1. The van der Waals surface area contributed by atoms with E-state index in [9.17, 15) is 10.1 Å². The molecule has 0 atom stereocenters. The second-order valence-corrected chi connectivity index (χ2v) is 7.74. The van der Waals surface area contributed by atoms with Gasteiger partial charge in [-0.3, -0.25) is 14.8 Å². The van der Waals surface area contributed by atoms with E-state index in [-0.39, 0.29) is 24.0 Å². The molecule has 4 rings (SSSR count). The number of nitriles is 1. The van der Waals surface area contributed by atoms with Gasteiger partial charge < -0.3 is 11.1 Å². The Labute approximate surface area is 186 Å². The average Bonchev–Trinajstić information content (AvgIpc) is 2.77. The van der Waals surface area contributed by atoms with E-state index in [1.54, 1.807) is 24.4 Å². The quantitative estimate of drug-likeness (QED) is 0.507. The van der Waals surface area contributed by atoms with Crippen molar-refractivity contribution in [3.63, 3.8) is 0 Å². The lowest BCUT2D eigenvalue weighted by molar-refractivity contribution is 0.0950. The van der Waals surface area contributed by atoms with Crippen LogP contribution in [0.3, 0.4) is 0 Å². The molecule has 1 amide bonds. The van der Waals surface area contributed by atoms with Crippen molar-refractivity contribution in [3.05, 3.63) is 94.1 Å². The number of benzene rings is 1. The maximum Gasteiger partial charge on any atom is 0.251 e. The SMILES string of the molecule is Cc1cnc2ccc(Cc3cc(C(=O)NCc4c(C)cc(N)nc4C#N)ccn3)cc2c1. The normalized spacial score (nSPS) is 10.7. The Morgan fingerprint density at radius 1 is 1.12 bits per heavy atom. The third-order valence-electron chi connectivity index (χ3n) is 5.25. The first-order chi connectivity index (χ1) is 15.4. The van der Waals surface area contributed by atoms with Gasteiger partial charge in [0.1, 0.15) is 17.6 Å². The van der Waals surface area contributed by atoms with Crippen LogP contribution >= 0.6 is 0 Å². The van der Waals surface area contributed by atoms with Crippen molar-refractivity contribution in [2.45, 2.75) is 26.8 Å². The number of carbonyl (C=O) groups is 1. The number of hydrogen-bond donors (Lipinski definition) is 2. The van der Waals surface area contributed by atoms with Gasteiger partial charge in [-0.15, -0.1) is 0 Å². The molecule has 7 heteroatoms. The molecule has 0 aliphatic heterocycles. The molecule has 0 radical (unpaired) electrons. The number of aryl methyl sites for hydroxylation is 2. The molecule has 7 nitrogen and oxygen atoms in total. The highest BCUT2D eigenvalue weighted by molar-refractivity contribution is 5.94. The van der Waals surface area contributed by atoms with E-state index >= 15 is 0 Å². The molecule has 3 heterocycles. The van der Waals surface area contributed by atoms with Gasteiger partial charge in [0, 0.05) is 47.6 Å². The molecule has 0 aliphatic rings. The summed E-state index contributed by atoms with van der Waals surface area (Å²) in [6, 6.07) is 15.4. The van der Waals surface area contributed by atoms with Crippen molar-refractivity contribution in [1.29, 1.82) is 5.26 Å². The lowest BCUT2D eigenvalue weighted by atomic mass is 10.0. The van der Waals surface area contributed by atoms with Crippen LogP contribution in [0, 0.1) is 25.2 Å². The van der Waals surface area contributed by atoms with Gasteiger partial charge in [0.25, 0.3) is 5.91 Å². The summed E-state index contributed by atoms with van der Waals surface area (Å²) in [5.74, 6) is 0.0413. The van der Waals surface area contributed by atoms with Gasteiger partial charge in [-0.1, -0.05) is 6.07 Å². The van der Waals surface area contributed by atoms with Gasteiger partial charge in [-0.25, -0.2) is 4.98 Å². The van der Waals surface area contributed by atoms with E-state index in [2.05, 4.69) is 32.4 Å². The van der Waals surface area contributed by atoms with Crippen molar-refractivity contribution in [2.24, 2.45) is 0 Å². The summed E-state index contributed by atoms with van der Waals surface area (Å²) >= 11 is 0. The zero-order valence-corrected chi connectivity index (χ0v) is 17.9. The number of rotatable bonds is 5. The predicted molar refractivity (Wildman–Crippen MR) is 123 cm³/mol. The molecule has 0 aliphatic carbocycles. The number of nitrogens with zero attached hydrogens (tertiary/aromatic N) is 4. The van der Waals surface area contributed by atoms with Crippen LogP contribution in [0.2, 0.25) is 0 Å². The Hall–Kier alpha value is -4.31. The molecule has 0 spiro atoms. The molecule has 0 unspecified atom stereocenters. The van der Waals surface area contributed by atoms with E-state index in [4.69, 9.17) is 5.73 Å². The number of nitrogens with two attached hydrogens (primary N) is 1. The highest BCUT2D eigenvalue weighted by Crippen LogP contribution is 2.18. The Kier molecular flexibility index (Phi) is 5.77. The second-order valence-electron chi connectivity index (χ2n) is 7.74. The summed E-state index contributed by atoms with van der Waals surface area (Å²) in [5, 5.41) is 13.3. The fourth-order valence-electron chi connectivity index (χ4n) is 3.64. The number of nitrogen functional groups attached to an aromatic ring is 1. The summed E-state index contributed by atoms with van der Waals surface area (Å²) in [5.41, 5.74) is 11.8. The van der Waals surface area contributed by atoms with Crippen molar-refractivity contribution >= 4 is 22.6 Å². The van der Waals surface area contributed by atoms with E-state index in [0.29, 0.717) is 17.5 Å². The first kappa shape index (κ1) is 20.9. The van der Waals surface area contributed by atoms with Gasteiger partial charge in [-0.2, -0.15) is 5.26 Å². The van der Waals surface area contributed by atoms with Gasteiger partial charge in [0.15, 0.2) is 0 Å². The summed E-state index contributed by atoms with van der Waals surface area (Å²) < 4.78 is 0. The molecular weight excluding hydrogens is 400 g/mol. The molecule has 0 bridgehead atoms. The molecule has 0 saturated carbocycles. The molecule has 0 saturated heterocycles. The standard InChI is InChI=1S/C25H22N6O/c1-15-7-19-9-17(3-4-22(19)29-13-15)10-20-11-18(5-6-28-20)25(32)30-14-21-16(2)8-24(27)31-23(21)12-26/h3-9,11,13H,10,14H2,1-2H3,(H2,27,31)(H,30,32). The van der Waals surface area contributed by atoms with Crippen LogP contribution in [0.4, 0.5) is 5.82 Å². The number of amides is 1. The highest BCUT2D eigenvalue weighted by atomic mass is 16.1. The van der Waals surface area contributed by atoms with Crippen LogP contribution < -0.4 is 11.1 Å². The first-order valence-corrected chi connectivity index (χ1v) is 10.2. The molecule has 0 fully saturated rings. The van der Waals surface area contributed by atoms with Crippen molar-refractivity contribution in [2.75, 3.05) is 5.73 Å². The number of hydrogen-bond acceptors (Lipinski definition) is 6. The topological polar surface area (TPSA) is 118 Å². The number of carbonyl (C=O) groups excluding carboxylic acids is 1. The molecule has 4 aromatic rings. The zero-order valence-electron chi connectivity index (χ0n) is 17.9. The predicted octanol–water partition coefficient (Wildman–Crippen LogP) is 3.62. The van der Waals surface area contributed by atoms with Crippen LogP contribution in [0.1, 0.15) is 44.0 Å². The third-order valence-corrected chi connectivity index (χ3v) is 5.25. The number of fused-ring (bicyclic) bond motifs is 1. The Balaban J connectivity index is 1.50. The second kappa shape index (κ2) is 8.82. The van der Waals surface area contributed by atoms with Crippen LogP contribution in [0.5, 0.6) is 0 Å². The average molecular weight is 422 g/mol. The van der Waals surface area contributed by atoms with E-state index in [1.807, 2.05) is 38.2 Å². The summed E-state index contributed by atoms with van der Waals surface area (Å²) in [6.45, 7) is 4.05. The van der Waals surface area contributed by atoms with Crippen LogP contribution in [0.25, 0.3) is 10.9 Å². The largest absolute Gasteiger partial charge is 0.384 e. The van der Waals surface area contributed by atoms with Crippen LogP contribution in [-0.2, 0) is 13.0 Å². The molecule has 3 aromatic heterocycles. The fourth-order valence-corrected chi connectivity index (χ4v) is 3.64. The lowest BCUT2D eigenvalue weighted by Crippen LogP contribution is -2.24. The maximum atomic E-state index is 12.7. The molecular formula is C25H22N6O. The Bertz CT molecular complexity index is 1370. The monoisotopic (exact) mass is 422 g/mol. The summed E-state index contributed by atoms with van der Waals surface area (Å²) in [4.78, 5) is 25.6. The minimum absolute atomic E-state index is 0.190. The van der Waals surface area contributed by atoms with Crippen LogP contribution in [-0.4, -0.2) is 20.9 Å². The minimum Gasteiger partial charge on any atom is -0.384 e. The highest BCUT2D eigenvalue weighted by Gasteiger charge is 2.12. The van der Waals surface area contributed by atoms with Gasteiger partial charge in [0.2, 0.25) is 0 Å². The molecule has 158 valence electrons. The van der Waals surface area contributed by atoms with Gasteiger partial charge in [-0.05, 0) is 66.9 Å². The zero-order chi connectivity index (χ0) is 22.7. The van der Waals surface area contributed by atoms with Gasteiger partial charge in [0.05, 0.1) is 5.52 Å². The van der Waals surface area contributed by atoms with E-state index < -0.39 is 0 Å². The number of pyridine rings is 3. The third kappa shape index (κ3) is 4.55. The first-order valence-electron chi connectivity index (χ1n) is 10.2. The number of aromatic nitrogens is 3. The van der Waals surface area contributed by atoms with Crippen molar-refractivity contribution in [1.82, 2.24) is 20.3 Å². The van der Waals surface area contributed by atoms with E-state index in [0.717, 1.165) is 33.3 Å². The summed E-state index contributed by atoms with van der Waals surface area (Å²) in [6.07, 6.45) is 4.09. The van der Waals surface area contributed by atoms with E-state index in [1.165, 1.54) is 0 Å². The Morgan fingerprint density at radius 2 is 1.97 bits per heavy atom.